The van der Waals surface area contributed by atoms with Crippen molar-refractivity contribution in [1.82, 2.24) is 9.62 Å². The van der Waals surface area contributed by atoms with Crippen LogP contribution >= 0.6 is 0 Å². The molecule has 88 valence electrons. The van der Waals surface area contributed by atoms with E-state index in [4.69, 9.17) is 5.14 Å². The first-order chi connectivity index (χ1) is 7.27. The highest BCUT2D eigenvalue weighted by molar-refractivity contribution is 7.86. The molecule has 1 atom stereocenters. The Morgan fingerprint density at radius 1 is 1.07 bits per heavy atom. The number of rotatable bonds is 2. The maximum absolute atomic E-state index is 11.1. The first-order valence-corrected chi connectivity index (χ1v) is 7.06. The second kappa shape index (κ2) is 5.50. The molecule has 0 aromatic carbocycles. The van der Waals surface area contributed by atoms with Gasteiger partial charge in [0.1, 0.15) is 11.5 Å². The first kappa shape index (κ1) is 11.7. The van der Waals surface area contributed by atoms with Gasteiger partial charge in [-0.2, -0.15) is 0 Å². The van der Waals surface area contributed by atoms with Crippen molar-refractivity contribution >= 4 is 11.5 Å². The molecule has 0 spiro atoms. The molecule has 0 bridgehead atoms. The largest absolute Gasteiger partial charge is 0.579 e. The fourth-order valence-corrected chi connectivity index (χ4v) is 3.41. The molecule has 5 heteroatoms. The molecule has 4 nitrogen and oxygen atoms in total. The van der Waals surface area contributed by atoms with E-state index in [0.717, 1.165) is 24.9 Å². The summed E-state index contributed by atoms with van der Waals surface area (Å²) in [5.74, 6) is 1.73. The van der Waals surface area contributed by atoms with Gasteiger partial charge in [0, 0.05) is 13.1 Å². The van der Waals surface area contributed by atoms with Gasteiger partial charge in [-0.1, -0.05) is 0 Å². The molecule has 0 saturated carbocycles. The zero-order valence-electron chi connectivity index (χ0n) is 9.15. The number of hydrogen-bond donors (Lipinski definition) is 2. The number of nitrogens with two attached hydrogens (primary N) is 1. The maximum Gasteiger partial charge on any atom is 0.134 e. The highest BCUT2D eigenvalue weighted by Crippen LogP contribution is 2.30. The van der Waals surface area contributed by atoms with Crippen LogP contribution in [0.3, 0.4) is 0 Å². The van der Waals surface area contributed by atoms with Gasteiger partial charge in [-0.05, 0) is 50.6 Å². The SMILES string of the molecule is N[S+]([O-])N1CCC(C2CCNCC2)CC1. The molecule has 0 amide bonds. The third-order valence-corrected chi connectivity index (χ3v) is 4.68. The summed E-state index contributed by atoms with van der Waals surface area (Å²) in [4.78, 5) is 0. The van der Waals surface area contributed by atoms with Gasteiger partial charge in [0.15, 0.2) is 0 Å². The van der Waals surface area contributed by atoms with Crippen LogP contribution in [0.2, 0.25) is 0 Å². The Labute approximate surface area is 95.0 Å². The van der Waals surface area contributed by atoms with Crippen LogP contribution in [0.5, 0.6) is 0 Å². The Balaban J connectivity index is 1.77. The zero-order valence-corrected chi connectivity index (χ0v) is 9.97. The molecule has 2 aliphatic rings. The number of piperidine rings is 2. The number of nitrogens with one attached hydrogen (secondary N) is 1. The predicted molar refractivity (Wildman–Crippen MR) is 62.2 cm³/mol. The van der Waals surface area contributed by atoms with E-state index in [1.54, 1.807) is 0 Å². The summed E-state index contributed by atoms with van der Waals surface area (Å²) in [6, 6.07) is 0. The van der Waals surface area contributed by atoms with E-state index in [0.29, 0.717) is 0 Å². The van der Waals surface area contributed by atoms with Crippen LogP contribution < -0.4 is 10.5 Å². The summed E-state index contributed by atoms with van der Waals surface area (Å²) in [6.07, 6.45) is 4.98. The summed E-state index contributed by atoms with van der Waals surface area (Å²) in [5.41, 5.74) is 0. The molecule has 0 radical (unpaired) electrons. The number of hydrogen-bond acceptors (Lipinski definition) is 4. The topological polar surface area (TPSA) is 64.3 Å². The third-order valence-electron chi connectivity index (χ3n) is 3.80. The first-order valence-electron chi connectivity index (χ1n) is 5.89. The van der Waals surface area contributed by atoms with Gasteiger partial charge >= 0.3 is 0 Å². The molecule has 0 aliphatic carbocycles. The molecule has 0 aromatic heterocycles. The second-order valence-corrected chi connectivity index (χ2v) is 5.70. The maximum atomic E-state index is 11.1. The summed E-state index contributed by atoms with van der Waals surface area (Å²) in [7, 11) is 0. The Kier molecular flexibility index (Phi) is 4.28. The Hall–Kier alpha value is 0.190. The van der Waals surface area contributed by atoms with Gasteiger partial charge in [-0.25, -0.2) is 0 Å². The Morgan fingerprint density at radius 2 is 1.60 bits per heavy atom. The van der Waals surface area contributed by atoms with Crippen molar-refractivity contribution in [2.75, 3.05) is 26.2 Å². The lowest BCUT2D eigenvalue weighted by Gasteiger charge is -2.36. The van der Waals surface area contributed by atoms with Crippen LogP contribution in [0.25, 0.3) is 0 Å². The van der Waals surface area contributed by atoms with Crippen LogP contribution in [0.4, 0.5) is 0 Å². The molecule has 2 heterocycles. The second-order valence-electron chi connectivity index (χ2n) is 4.63. The normalized spacial score (nSPS) is 29.2. The van der Waals surface area contributed by atoms with Crippen molar-refractivity contribution < 1.29 is 4.55 Å². The Bertz CT molecular complexity index is 189. The monoisotopic (exact) mass is 231 g/mol. The highest BCUT2D eigenvalue weighted by atomic mass is 32.2. The molecule has 2 rings (SSSR count). The minimum absolute atomic E-state index is 0.840. The summed E-state index contributed by atoms with van der Waals surface area (Å²) >= 11 is -1.25. The van der Waals surface area contributed by atoms with Crippen molar-refractivity contribution in [2.24, 2.45) is 17.0 Å². The predicted octanol–water partition coefficient (Wildman–Crippen LogP) is 0.235. The highest BCUT2D eigenvalue weighted by Gasteiger charge is 2.30. The lowest BCUT2D eigenvalue weighted by molar-refractivity contribution is 0.176. The standard InChI is InChI=1S/C10H21N3OS/c11-15(14)13-7-3-10(4-8-13)9-1-5-12-6-2-9/h9-10,12H,1-8,11H2. The van der Waals surface area contributed by atoms with Gasteiger partial charge in [-0.15, -0.1) is 9.44 Å². The molecule has 2 aliphatic heterocycles. The van der Waals surface area contributed by atoms with E-state index >= 15 is 0 Å². The fourth-order valence-electron chi connectivity index (χ4n) is 2.84. The van der Waals surface area contributed by atoms with Crippen LogP contribution in [0.1, 0.15) is 25.7 Å². The molecule has 3 N–H and O–H groups in total. The van der Waals surface area contributed by atoms with E-state index in [1.165, 1.54) is 38.8 Å². The van der Waals surface area contributed by atoms with E-state index in [2.05, 4.69) is 5.32 Å². The van der Waals surface area contributed by atoms with Crippen LogP contribution in [0, 0.1) is 11.8 Å². The molecular weight excluding hydrogens is 210 g/mol. The minimum Gasteiger partial charge on any atom is -0.579 e. The quantitative estimate of drug-likeness (QED) is 0.668. The molecular formula is C10H21N3OS. The lowest BCUT2D eigenvalue weighted by Crippen LogP contribution is -2.44. The Morgan fingerprint density at radius 3 is 2.13 bits per heavy atom. The smallest absolute Gasteiger partial charge is 0.134 e. The molecule has 2 saturated heterocycles. The summed E-state index contributed by atoms with van der Waals surface area (Å²) in [5, 5.41) is 8.78. The lowest BCUT2D eigenvalue weighted by atomic mass is 9.79. The van der Waals surface area contributed by atoms with Crippen LogP contribution in [0.15, 0.2) is 0 Å². The minimum atomic E-state index is -1.25. The van der Waals surface area contributed by atoms with E-state index < -0.39 is 11.5 Å². The van der Waals surface area contributed by atoms with E-state index in [9.17, 15) is 4.55 Å². The van der Waals surface area contributed by atoms with Crippen LogP contribution in [-0.4, -0.2) is 35.0 Å². The van der Waals surface area contributed by atoms with Gasteiger partial charge in [0.25, 0.3) is 0 Å². The average molecular weight is 231 g/mol. The van der Waals surface area contributed by atoms with Crippen LogP contribution in [-0.2, 0) is 11.5 Å². The van der Waals surface area contributed by atoms with Crippen molar-refractivity contribution in [3.05, 3.63) is 0 Å². The van der Waals surface area contributed by atoms with Gasteiger partial charge in [-0.3, -0.25) is 0 Å². The van der Waals surface area contributed by atoms with E-state index in [1.807, 2.05) is 4.31 Å². The van der Waals surface area contributed by atoms with Gasteiger partial charge in [0.2, 0.25) is 0 Å². The summed E-state index contributed by atoms with van der Waals surface area (Å²) < 4.78 is 13.0. The third kappa shape index (κ3) is 3.07. The average Bonchev–Trinajstić information content (AvgIpc) is 2.30. The van der Waals surface area contributed by atoms with Crippen molar-refractivity contribution in [1.29, 1.82) is 0 Å². The van der Waals surface area contributed by atoms with Crippen molar-refractivity contribution in [3.63, 3.8) is 0 Å². The van der Waals surface area contributed by atoms with Crippen molar-refractivity contribution in [2.45, 2.75) is 25.7 Å². The fraction of sp³-hybridized carbons (Fsp3) is 1.00. The molecule has 1 unspecified atom stereocenters. The molecule has 2 fully saturated rings. The van der Waals surface area contributed by atoms with Gasteiger partial charge < -0.3 is 9.87 Å². The molecule has 15 heavy (non-hydrogen) atoms. The molecule has 0 aromatic rings. The van der Waals surface area contributed by atoms with Crippen molar-refractivity contribution in [3.8, 4) is 0 Å². The van der Waals surface area contributed by atoms with E-state index in [-0.39, 0.29) is 0 Å². The number of nitrogens with zero attached hydrogens (tertiary/aromatic N) is 1. The zero-order chi connectivity index (χ0) is 10.7. The van der Waals surface area contributed by atoms with Gasteiger partial charge in [0.05, 0.1) is 0 Å². The summed E-state index contributed by atoms with van der Waals surface area (Å²) in [6.45, 7) is 4.18.